The predicted molar refractivity (Wildman–Crippen MR) is 65.4 cm³/mol. The molecule has 1 saturated heterocycles. The molecule has 17 heavy (non-hydrogen) atoms. The van der Waals surface area contributed by atoms with Crippen LogP contribution >= 0.6 is 0 Å². The zero-order valence-corrected chi connectivity index (χ0v) is 10.4. The Balaban J connectivity index is 2.42. The van der Waals surface area contributed by atoms with Gasteiger partial charge in [-0.2, -0.15) is 0 Å². The Hall–Kier alpha value is -1.30. The Morgan fingerprint density at radius 3 is 2.82 bits per heavy atom. The van der Waals surface area contributed by atoms with Crippen LogP contribution in [0.25, 0.3) is 0 Å². The van der Waals surface area contributed by atoms with Crippen LogP contribution in [0.2, 0.25) is 0 Å². The van der Waals surface area contributed by atoms with Gasteiger partial charge in [0, 0.05) is 32.7 Å². The molecule has 1 aliphatic rings. The molecule has 6 heteroatoms. The van der Waals surface area contributed by atoms with Crippen molar-refractivity contribution in [3.63, 3.8) is 0 Å². The summed E-state index contributed by atoms with van der Waals surface area (Å²) in [4.78, 5) is 25.1. The molecule has 4 N–H and O–H groups in total. The number of rotatable bonds is 4. The molecular formula is C11H22N4O2. The van der Waals surface area contributed by atoms with Crippen molar-refractivity contribution in [2.75, 3.05) is 32.7 Å². The summed E-state index contributed by atoms with van der Waals surface area (Å²) >= 11 is 0. The summed E-state index contributed by atoms with van der Waals surface area (Å²) in [6.45, 7) is 4.66. The number of nitrogens with one attached hydrogen (secondary N) is 2. The second-order valence-corrected chi connectivity index (χ2v) is 4.20. The highest BCUT2D eigenvalue weighted by Gasteiger charge is 2.27. The number of nitrogens with two attached hydrogens (primary N) is 1. The summed E-state index contributed by atoms with van der Waals surface area (Å²) < 4.78 is 0. The summed E-state index contributed by atoms with van der Waals surface area (Å²) in [5.41, 5.74) is 5.33. The predicted octanol–water partition coefficient (Wildman–Crippen LogP) is -0.497. The van der Waals surface area contributed by atoms with Gasteiger partial charge in [0.05, 0.1) is 5.92 Å². The number of amides is 3. The Morgan fingerprint density at radius 2 is 2.18 bits per heavy atom. The lowest BCUT2D eigenvalue weighted by Crippen LogP contribution is -2.49. The van der Waals surface area contributed by atoms with E-state index >= 15 is 0 Å². The van der Waals surface area contributed by atoms with E-state index < -0.39 is 0 Å². The zero-order chi connectivity index (χ0) is 12.7. The van der Waals surface area contributed by atoms with Crippen molar-refractivity contribution in [1.29, 1.82) is 0 Å². The number of hydrogen-bond acceptors (Lipinski definition) is 3. The van der Waals surface area contributed by atoms with Crippen molar-refractivity contribution < 1.29 is 9.59 Å². The molecule has 98 valence electrons. The Bertz CT molecular complexity index is 270. The highest BCUT2D eigenvalue weighted by atomic mass is 16.2. The maximum Gasteiger partial charge on any atom is 0.317 e. The summed E-state index contributed by atoms with van der Waals surface area (Å²) in [5.74, 6) is -0.0950. The Kier molecular flexibility index (Phi) is 5.76. The first-order valence-electron chi connectivity index (χ1n) is 6.19. The third kappa shape index (κ3) is 4.22. The molecule has 0 aromatic heterocycles. The zero-order valence-electron chi connectivity index (χ0n) is 10.4. The van der Waals surface area contributed by atoms with Crippen molar-refractivity contribution in [3.05, 3.63) is 0 Å². The van der Waals surface area contributed by atoms with Crippen LogP contribution in [0.5, 0.6) is 0 Å². The van der Waals surface area contributed by atoms with Gasteiger partial charge in [0.15, 0.2) is 0 Å². The number of piperidine rings is 1. The number of hydrogen-bond donors (Lipinski definition) is 3. The third-order valence-corrected chi connectivity index (χ3v) is 2.85. The fraction of sp³-hybridized carbons (Fsp3) is 0.818. The van der Waals surface area contributed by atoms with E-state index in [-0.39, 0.29) is 17.9 Å². The van der Waals surface area contributed by atoms with Crippen LogP contribution in [0.15, 0.2) is 0 Å². The SMILES string of the molecule is CCNC(=O)N1CCCC(C(=O)NCCN)C1. The normalized spacial score (nSPS) is 19.9. The average molecular weight is 242 g/mol. The van der Waals surface area contributed by atoms with Gasteiger partial charge in [-0.15, -0.1) is 0 Å². The van der Waals surface area contributed by atoms with E-state index in [1.807, 2.05) is 6.92 Å². The second-order valence-electron chi connectivity index (χ2n) is 4.20. The monoisotopic (exact) mass is 242 g/mol. The number of carbonyl (C=O) groups excluding carboxylic acids is 2. The van der Waals surface area contributed by atoms with Crippen LogP contribution in [0.4, 0.5) is 4.79 Å². The fourth-order valence-electron chi connectivity index (χ4n) is 1.98. The molecule has 1 unspecified atom stereocenters. The topological polar surface area (TPSA) is 87.5 Å². The molecule has 6 nitrogen and oxygen atoms in total. The standard InChI is InChI=1S/C11H22N4O2/c1-2-13-11(17)15-7-3-4-9(8-15)10(16)14-6-5-12/h9H,2-8,12H2,1H3,(H,13,17)(H,14,16). The van der Waals surface area contributed by atoms with Gasteiger partial charge in [-0.25, -0.2) is 4.79 Å². The second kappa shape index (κ2) is 7.11. The van der Waals surface area contributed by atoms with E-state index in [0.717, 1.165) is 19.4 Å². The molecule has 0 aliphatic carbocycles. The van der Waals surface area contributed by atoms with E-state index in [1.165, 1.54) is 0 Å². The van der Waals surface area contributed by atoms with Gasteiger partial charge in [0.2, 0.25) is 5.91 Å². The van der Waals surface area contributed by atoms with Crippen LogP contribution in [-0.2, 0) is 4.79 Å². The molecule has 1 atom stereocenters. The van der Waals surface area contributed by atoms with Gasteiger partial charge in [-0.3, -0.25) is 4.79 Å². The highest BCUT2D eigenvalue weighted by molar-refractivity contribution is 5.80. The molecule has 1 heterocycles. The molecule has 0 saturated carbocycles. The van der Waals surface area contributed by atoms with Crippen LogP contribution in [0.1, 0.15) is 19.8 Å². The molecule has 0 aromatic rings. The van der Waals surface area contributed by atoms with E-state index in [2.05, 4.69) is 10.6 Å². The summed E-state index contributed by atoms with van der Waals surface area (Å²) in [5, 5.41) is 5.52. The first-order chi connectivity index (χ1) is 8.19. The van der Waals surface area contributed by atoms with Crippen LogP contribution in [0, 0.1) is 5.92 Å². The number of likely N-dealkylation sites (tertiary alicyclic amines) is 1. The molecule has 0 spiro atoms. The minimum atomic E-state index is -0.0992. The largest absolute Gasteiger partial charge is 0.355 e. The lowest BCUT2D eigenvalue weighted by molar-refractivity contribution is -0.126. The van der Waals surface area contributed by atoms with E-state index in [0.29, 0.717) is 26.2 Å². The molecular weight excluding hydrogens is 220 g/mol. The van der Waals surface area contributed by atoms with Gasteiger partial charge in [0.25, 0.3) is 0 Å². The van der Waals surface area contributed by atoms with Crippen LogP contribution in [0.3, 0.4) is 0 Å². The lowest BCUT2D eigenvalue weighted by Gasteiger charge is -2.31. The first-order valence-corrected chi connectivity index (χ1v) is 6.19. The van der Waals surface area contributed by atoms with Gasteiger partial charge < -0.3 is 21.3 Å². The minimum absolute atomic E-state index is 0.00412. The summed E-state index contributed by atoms with van der Waals surface area (Å²) in [6, 6.07) is -0.0798. The van der Waals surface area contributed by atoms with Crippen LogP contribution < -0.4 is 16.4 Å². The Morgan fingerprint density at radius 1 is 1.41 bits per heavy atom. The first kappa shape index (κ1) is 13.8. The molecule has 0 aromatic carbocycles. The van der Waals surface area contributed by atoms with Crippen molar-refractivity contribution in [2.24, 2.45) is 11.7 Å². The molecule has 0 radical (unpaired) electrons. The number of urea groups is 1. The molecule has 1 fully saturated rings. The number of nitrogens with zero attached hydrogens (tertiary/aromatic N) is 1. The lowest BCUT2D eigenvalue weighted by atomic mass is 9.97. The van der Waals surface area contributed by atoms with E-state index in [4.69, 9.17) is 5.73 Å². The maximum atomic E-state index is 11.8. The fourth-order valence-corrected chi connectivity index (χ4v) is 1.98. The highest BCUT2D eigenvalue weighted by Crippen LogP contribution is 2.16. The van der Waals surface area contributed by atoms with Crippen LogP contribution in [-0.4, -0.2) is 49.6 Å². The third-order valence-electron chi connectivity index (χ3n) is 2.85. The Labute approximate surface area is 102 Å². The van der Waals surface area contributed by atoms with Crippen molar-refractivity contribution in [1.82, 2.24) is 15.5 Å². The van der Waals surface area contributed by atoms with Crippen molar-refractivity contribution >= 4 is 11.9 Å². The summed E-state index contributed by atoms with van der Waals surface area (Å²) in [7, 11) is 0. The molecule has 0 bridgehead atoms. The maximum absolute atomic E-state index is 11.8. The van der Waals surface area contributed by atoms with E-state index in [1.54, 1.807) is 4.90 Å². The van der Waals surface area contributed by atoms with Gasteiger partial charge in [-0.1, -0.05) is 0 Å². The smallest absolute Gasteiger partial charge is 0.317 e. The van der Waals surface area contributed by atoms with Crippen molar-refractivity contribution in [3.8, 4) is 0 Å². The van der Waals surface area contributed by atoms with Gasteiger partial charge in [0.1, 0.15) is 0 Å². The minimum Gasteiger partial charge on any atom is -0.355 e. The molecule has 1 rings (SSSR count). The number of carbonyl (C=O) groups is 2. The molecule has 1 aliphatic heterocycles. The van der Waals surface area contributed by atoms with Crippen molar-refractivity contribution in [2.45, 2.75) is 19.8 Å². The van der Waals surface area contributed by atoms with E-state index in [9.17, 15) is 9.59 Å². The quantitative estimate of drug-likeness (QED) is 0.621. The van der Waals surface area contributed by atoms with Gasteiger partial charge in [-0.05, 0) is 19.8 Å². The molecule has 3 amide bonds. The summed E-state index contributed by atoms with van der Waals surface area (Å²) in [6.07, 6.45) is 1.71. The van der Waals surface area contributed by atoms with Gasteiger partial charge >= 0.3 is 6.03 Å². The average Bonchev–Trinajstić information content (AvgIpc) is 2.36.